The number of benzene rings is 1. The molecule has 1 N–H and O–H groups in total. The second-order valence-electron chi connectivity index (χ2n) is 8.61. The molecule has 7 nitrogen and oxygen atoms in total. The van der Waals surface area contributed by atoms with Crippen LogP contribution in [0.15, 0.2) is 67.1 Å². The van der Waals surface area contributed by atoms with Gasteiger partial charge in [0, 0.05) is 31.0 Å². The second kappa shape index (κ2) is 9.18. The SMILES string of the molecule is CC(C)(C)OC(=O)N1CC=C(c2cccc(-c3cccc(Nc4cnccn4)n3)c2)CC1. The topological polar surface area (TPSA) is 80.2 Å². The van der Waals surface area contributed by atoms with Gasteiger partial charge in [-0.05, 0) is 56.5 Å². The molecule has 0 unspecified atom stereocenters. The molecule has 0 atom stereocenters. The minimum Gasteiger partial charge on any atom is -0.444 e. The molecule has 4 rings (SSSR count). The summed E-state index contributed by atoms with van der Waals surface area (Å²) in [6.45, 7) is 6.83. The summed E-state index contributed by atoms with van der Waals surface area (Å²) < 4.78 is 5.48. The number of amides is 1. The summed E-state index contributed by atoms with van der Waals surface area (Å²) >= 11 is 0. The van der Waals surface area contributed by atoms with Crippen molar-refractivity contribution in [1.29, 1.82) is 0 Å². The number of carbonyl (C=O) groups excluding carboxylic acids is 1. The van der Waals surface area contributed by atoms with Gasteiger partial charge in [0.25, 0.3) is 0 Å². The molecule has 3 heterocycles. The molecule has 0 saturated heterocycles. The molecule has 32 heavy (non-hydrogen) atoms. The Morgan fingerprint density at radius 3 is 2.59 bits per heavy atom. The Balaban J connectivity index is 1.49. The zero-order valence-corrected chi connectivity index (χ0v) is 18.6. The second-order valence-corrected chi connectivity index (χ2v) is 8.61. The number of aromatic nitrogens is 3. The number of rotatable bonds is 4. The van der Waals surface area contributed by atoms with E-state index in [9.17, 15) is 4.79 Å². The molecule has 0 spiro atoms. The highest BCUT2D eigenvalue weighted by atomic mass is 16.6. The number of nitrogens with one attached hydrogen (secondary N) is 1. The molecule has 0 radical (unpaired) electrons. The molecule has 1 aliphatic rings. The normalized spacial score (nSPS) is 14.0. The van der Waals surface area contributed by atoms with Gasteiger partial charge in [0.05, 0.1) is 11.9 Å². The maximum atomic E-state index is 12.3. The average molecular weight is 430 g/mol. The van der Waals surface area contributed by atoms with Gasteiger partial charge in [-0.15, -0.1) is 0 Å². The van der Waals surface area contributed by atoms with Gasteiger partial charge in [0.2, 0.25) is 0 Å². The molecule has 0 bridgehead atoms. The number of carbonyl (C=O) groups is 1. The van der Waals surface area contributed by atoms with Crippen LogP contribution in [-0.4, -0.2) is 44.6 Å². The summed E-state index contributed by atoms with van der Waals surface area (Å²) in [6, 6.07) is 14.2. The Hall–Kier alpha value is -3.74. The average Bonchev–Trinajstić information content (AvgIpc) is 2.79. The molecule has 3 aromatic rings. The first-order valence-electron chi connectivity index (χ1n) is 10.7. The Labute approximate surface area is 188 Å². The summed E-state index contributed by atoms with van der Waals surface area (Å²) in [7, 11) is 0. The van der Waals surface area contributed by atoms with Gasteiger partial charge in [0.1, 0.15) is 17.2 Å². The maximum Gasteiger partial charge on any atom is 0.410 e. The van der Waals surface area contributed by atoms with Gasteiger partial charge in [-0.2, -0.15) is 0 Å². The van der Waals surface area contributed by atoms with Crippen molar-refractivity contribution >= 4 is 23.3 Å². The Morgan fingerprint density at radius 1 is 1.06 bits per heavy atom. The number of hydrogen-bond donors (Lipinski definition) is 1. The van der Waals surface area contributed by atoms with Crippen molar-refractivity contribution < 1.29 is 9.53 Å². The minimum absolute atomic E-state index is 0.266. The smallest absolute Gasteiger partial charge is 0.410 e. The van der Waals surface area contributed by atoms with Crippen molar-refractivity contribution in [3.63, 3.8) is 0 Å². The molecule has 7 heteroatoms. The first-order chi connectivity index (χ1) is 15.4. The van der Waals surface area contributed by atoms with Crippen LogP contribution in [0.3, 0.4) is 0 Å². The van der Waals surface area contributed by atoms with E-state index >= 15 is 0 Å². The van der Waals surface area contributed by atoms with Gasteiger partial charge >= 0.3 is 6.09 Å². The standard InChI is InChI=1S/C25H27N5O2/c1-25(2,3)32-24(31)30-14-10-18(11-15-30)19-6-4-7-20(16-19)21-8-5-9-22(28-21)29-23-17-26-12-13-27-23/h4-10,12-13,16-17H,11,14-15H2,1-3H3,(H,27,28,29). The number of nitrogens with zero attached hydrogens (tertiary/aromatic N) is 4. The fourth-order valence-corrected chi connectivity index (χ4v) is 3.46. The number of hydrogen-bond acceptors (Lipinski definition) is 6. The Kier molecular flexibility index (Phi) is 6.16. The Bertz CT molecular complexity index is 1120. The number of pyridine rings is 1. The first-order valence-corrected chi connectivity index (χ1v) is 10.7. The van der Waals surface area contributed by atoms with Crippen molar-refractivity contribution in [2.75, 3.05) is 18.4 Å². The van der Waals surface area contributed by atoms with E-state index < -0.39 is 5.60 Å². The largest absolute Gasteiger partial charge is 0.444 e. The van der Waals surface area contributed by atoms with E-state index in [2.05, 4.69) is 33.5 Å². The molecule has 1 amide bonds. The molecule has 0 saturated carbocycles. The van der Waals surface area contributed by atoms with Crippen molar-refractivity contribution in [2.45, 2.75) is 32.8 Å². The lowest BCUT2D eigenvalue weighted by Crippen LogP contribution is -2.39. The van der Waals surface area contributed by atoms with Gasteiger partial charge < -0.3 is 15.0 Å². The fraction of sp³-hybridized carbons (Fsp3) is 0.280. The van der Waals surface area contributed by atoms with Crippen LogP contribution in [-0.2, 0) is 4.74 Å². The quantitative estimate of drug-likeness (QED) is 0.606. The predicted octanol–water partition coefficient (Wildman–Crippen LogP) is 5.31. The van der Waals surface area contributed by atoms with E-state index in [1.807, 2.05) is 51.1 Å². The van der Waals surface area contributed by atoms with E-state index in [0.717, 1.165) is 23.2 Å². The molecule has 0 aliphatic carbocycles. The van der Waals surface area contributed by atoms with Crippen molar-refractivity contribution in [2.24, 2.45) is 0 Å². The highest BCUT2D eigenvalue weighted by molar-refractivity contribution is 5.75. The van der Waals surface area contributed by atoms with E-state index in [1.54, 1.807) is 23.5 Å². The third kappa shape index (κ3) is 5.49. The van der Waals surface area contributed by atoms with Crippen molar-refractivity contribution in [3.8, 4) is 11.3 Å². The number of anilines is 2. The molecular formula is C25H27N5O2. The third-order valence-electron chi connectivity index (χ3n) is 4.96. The minimum atomic E-state index is -0.487. The zero-order chi connectivity index (χ0) is 22.6. The monoisotopic (exact) mass is 429 g/mol. The van der Waals surface area contributed by atoms with E-state index in [0.29, 0.717) is 24.7 Å². The summed E-state index contributed by atoms with van der Waals surface area (Å²) in [5.41, 5.74) is 3.77. The summed E-state index contributed by atoms with van der Waals surface area (Å²) in [4.78, 5) is 27.1. The third-order valence-corrected chi connectivity index (χ3v) is 4.96. The van der Waals surface area contributed by atoms with E-state index in [1.165, 1.54) is 5.57 Å². The lowest BCUT2D eigenvalue weighted by molar-refractivity contribution is 0.0270. The molecule has 1 aliphatic heterocycles. The van der Waals surface area contributed by atoms with Crippen LogP contribution >= 0.6 is 0 Å². The summed E-state index contributed by atoms with van der Waals surface area (Å²) in [6.07, 6.45) is 7.55. The predicted molar refractivity (Wildman–Crippen MR) is 125 cm³/mol. The number of ether oxygens (including phenoxy) is 1. The summed E-state index contributed by atoms with van der Waals surface area (Å²) in [5.74, 6) is 1.35. The van der Waals surface area contributed by atoms with E-state index in [-0.39, 0.29) is 6.09 Å². The van der Waals surface area contributed by atoms with Crippen LogP contribution in [0.4, 0.5) is 16.4 Å². The molecule has 0 fully saturated rings. The lowest BCUT2D eigenvalue weighted by atomic mass is 9.97. The van der Waals surface area contributed by atoms with Crippen LogP contribution in [0.25, 0.3) is 16.8 Å². The molecule has 2 aromatic heterocycles. The van der Waals surface area contributed by atoms with Gasteiger partial charge in [-0.25, -0.2) is 14.8 Å². The zero-order valence-electron chi connectivity index (χ0n) is 18.6. The van der Waals surface area contributed by atoms with Crippen molar-refractivity contribution in [3.05, 3.63) is 72.7 Å². The van der Waals surface area contributed by atoms with Crippen LogP contribution in [0.5, 0.6) is 0 Å². The van der Waals surface area contributed by atoms with Crippen LogP contribution < -0.4 is 5.32 Å². The Morgan fingerprint density at radius 2 is 1.88 bits per heavy atom. The van der Waals surface area contributed by atoms with Crippen LogP contribution in [0, 0.1) is 0 Å². The van der Waals surface area contributed by atoms with Gasteiger partial charge in [-0.3, -0.25) is 4.98 Å². The van der Waals surface area contributed by atoms with Crippen LogP contribution in [0.1, 0.15) is 32.8 Å². The lowest BCUT2D eigenvalue weighted by Gasteiger charge is -2.29. The molecular weight excluding hydrogens is 402 g/mol. The summed E-state index contributed by atoms with van der Waals surface area (Å²) in [5, 5.41) is 3.18. The van der Waals surface area contributed by atoms with Gasteiger partial charge in [-0.1, -0.05) is 30.3 Å². The van der Waals surface area contributed by atoms with Crippen molar-refractivity contribution in [1.82, 2.24) is 19.9 Å². The van der Waals surface area contributed by atoms with Gasteiger partial charge in [0.15, 0.2) is 0 Å². The highest BCUT2D eigenvalue weighted by Gasteiger charge is 2.24. The maximum absolute atomic E-state index is 12.3. The highest BCUT2D eigenvalue weighted by Crippen LogP contribution is 2.28. The fourth-order valence-electron chi connectivity index (χ4n) is 3.46. The molecule has 1 aromatic carbocycles. The van der Waals surface area contributed by atoms with Crippen LogP contribution in [0.2, 0.25) is 0 Å². The molecule has 164 valence electrons. The first kappa shape index (κ1) is 21.5. The van der Waals surface area contributed by atoms with E-state index in [4.69, 9.17) is 9.72 Å².